The number of rotatable bonds is 2. The zero-order valence-electron chi connectivity index (χ0n) is 5.79. The van der Waals surface area contributed by atoms with Crippen molar-refractivity contribution >= 4 is 5.97 Å². The van der Waals surface area contributed by atoms with Crippen molar-refractivity contribution in [2.24, 2.45) is 0 Å². The van der Waals surface area contributed by atoms with Gasteiger partial charge in [-0.1, -0.05) is 0 Å². The van der Waals surface area contributed by atoms with Gasteiger partial charge in [-0.2, -0.15) is 0 Å². The minimum Gasteiger partial charge on any atom is -0.797 e. The summed E-state index contributed by atoms with van der Waals surface area (Å²) >= 11 is 0. The van der Waals surface area contributed by atoms with E-state index in [0.29, 0.717) is 0 Å². The lowest BCUT2D eigenvalue weighted by atomic mass is 10.4. The molecule has 0 heterocycles. The first kappa shape index (κ1) is 8.39. The van der Waals surface area contributed by atoms with Gasteiger partial charge in [0.05, 0.1) is 21.1 Å². The van der Waals surface area contributed by atoms with Gasteiger partial charge >= 0.3 is 5.97 Å². The first-order valence-corrected chi connectivity index (χ1v) is 2.55. The fraction of sp³-hybridized carbons (Fsp3) is 0.800. The monoisotopic (exact) mass is 133 g/mol. The highest BCUT2D eigenvalue weighted by atomic mass is 16.4. The summed E-state index contributed by atoms with van der Waals surface area (Å²) in [5.41, 5.74) is 0. The Kier molecular flexibility index (Phi) is 2.17. The number of carbonyl (C=O) groups is 1. The molecule has 0 saturated carbocycles. The van der Waals surface area contributed by atoms with Crippen LogP contribution in [0.3, 0.4) is 0 Å². The van der Waals surface area contributed by atoms with E-state index in [1.807, 2.05) is 0 Å². The molecule has 9 heavy (non-hydrogen) atoms. The van der Waals surface area contributed by atoms with Crippen LogP contribution in [0.4, 0.5) is 0 Å². The molecule has 0 fully saturated rings. The predicted molar refractivity (Wildman–Crippen MR) is 29.5 cm³/mol. The SMILES string of the molecule is C[N+](C)(C)C([O-])C(=O)O. The molecule has 0 aliphatic heterocycles. The highest BCUT2D eigenvalue weighted by Crippen LogP contribution is 1.93. The largest absolute Gasteiger partial charge is 0.797 e. The van der Waals surface area contributed by atoms with Crippen LogP contribution in [-0.4, -0.2) is 42.9 Å². The molecular weight excluding hydrogens is 122 g/mol. The molecule has 54 valence electrons. The summed E-state index contributed by atoms with van der Waals surface area (Å²) < 4.78 is -0.0880. The van der Waals surface area contributed by atoms with Crippen LogP contribution in [0.15, 0.2) is 0 Å². The van der Waals surface area contributed by atoms with Gasteiger partial charge in [-0.25, -0.2) is 4.79 Å². The van der Waals surface area contributed by atoms with E-state index in [0.717, 1.165) is 0 Å². The van der Waals surface area contributed by atoms with E-state index < -0.39 is 12.2 Å². The zero-order valence-corrected chi connectivity index (χ0v) is 5.79. The fourth-order valence-corrected chi connectivity index (χ4v) is 0.331. The third-order valence-electron chi connectivity index (χ3n) is 0.915. The molecule has 0 radical (unpaired) electrons. The van der Waals surface area contributed by atoms with Gasteiger partial charge < -0.3 is 14.7 Å². The third-order valence-corrected chi connectivity index (χ3v) is 0.915. The normalized spacial score (nSPS) is 15.1. The highest BCUT2D eigenvalue weighted by molar-refractivity contribution is 5.69. The lowest BCUT2D eigenvalue weighted by Gasteiger charge is -2.34. The Hall–Kier alpha value is -0.610. The molecule has 1 unspecified atom stereocenters. The van der Waals surface area contributed by atoms with Gasteiger partial charge in [-0.3, -0.25) is 0 Å². The van der Waals surface area contributed by atoms with Crippen LogP contribution in [0.25, 0.3) is 0 Å². The molecular formula is C5H11NO3. The molecule has 0 spiro atoms. The van der Waals surface area contributed by atoms with Crippen molar-refractivity contribution in [3.05, 3.63) is 0 Å². The molecule has 0 amide bonds. The fourth-order valence-electron chi connectivity index (χ4n) is 0.331. The predicted octanol–water partition coefficient (Wildman–Crippen LogP) is -1.54. The van der Waals surface area contributed by atoms with Crippen LogP contribution >= 0.6 is 0 Å². The zero-order chi connectivity index (χ0) is 7.65. The third kappa shape index (κ3) is 2.43. The second kappa shape index (κ2) is 2.33. The van der Waals surface area contributed by atoms with E-state index in [2.05, 4.69) is 0 Å². The van der Waals surface area contributed by atoms with Crippen LogP contribution in [0.5, 0.6) is 0 Å². The van der Waals surface area contributed by atoms with Gasteiger partial charge in [0.2, 0.25) is 0 Å². The topological polar surface area (TPSA) is 60.4 Å². The molecule has 0 aromatic rings. The first-order chi connectivity index (χ1) is 3.85. The maximum Gasteiger partial charge on any atom is 0.346 e. The lowest BCUT2D eigenvalue weighted by molar-refractivity contribution is -0.957. The average Bonchev–Trinajstić information content (AvgIpc) is 1.62. The Labute approximate surface area is 53.9 Å². The van der Waals surface area contributed by atoms with Crippen molar-refractivity contribution in [3.63, 3.8) is 0 Å². The highest BCUT2D eigenvalue weighted by Gasteiger charge is 2.18. The van der Waals surface area contributed by atoms with E-state index in [1.54, 1.807) is 21.1 Å². The van der Waals surface area contributed by atoms with E-state index in [1.165, 1.54) is 0 Å². The van der Waals surface area contributed by atoms with Gasteiger partial charge in [0.25, 0.3) is 0 Å². The molecule has 1 atom stereocenters. The molecule has 0 rings (SSSR count). The van der Waals surface area contributed by atoms with Crippen LogP contribution < -0.4 is 5.11 Å². The first-order valence-electron chi connectivity index (χ1n) is 2.55. The summed E-state index contributed by atoms with van der Waals surface area (Å²) in [5, 5.41) is 18.8. The number of likely N-dealkylation sites (N-methyl/N-ethyl adjacent to an activating group) is 1. The number of nitrogens with zero attached hydrogens (tertiary/aromatic N) is 1. The van der Waals surface area contributed by atoms with E-state index in [4.69, 9.17) is 5.11 Å². The Morgan fingerprint density at radius 3 is 1.89 bits per heavy atom. The van der Waals surface area contributed by atoms with Crippen LogP contribution in [0.1, 0.15) is 0 Å². The maximum atomic E-state index is 10.6. The Balaban J connectivity index is 4.04. The number of quaternary nitrogens is 1. The molecule has 4 nitrogen and oxygen atoms in total. The van der Waals surface area contributed by atoms with Crippen molar-refractivity contribution in [1.29, 1.82) is 0 Å². The number of hydrogen-bond donors (Lipinski definition) is 1. The van der Waals surface area contributed by atoms with E-state index >= 15 is 0 Å². The number of carboxylic acids is 1. The Bertz CT molecular complexity index is 116. The smallest absolute Gasteiger partial charge is 0.346 e. The van der Waals surface area contributed by atoms with Gasteiger partial charge in [-0.05, 0) is 0 Å². The van der Waals surface area contributed by atoms with E-state index in [9.17, 15) is 9.90 Å². The van der Waals surface area contributed by atoms with Crippen molar-refractivity contribution in [2.75, 3.05) is 21.1 Å². The second-order valence-electron chi connectivity index (χ2n) is 2.81. The van der Waals surface area contributed by atoms with Crippen molar-refractivity contribution in [2.45, 2.75) is 6.23 Å². The minimum absolute atomic E-state index is 0.0880. The van der Waals surface area contributed by atoms with Crippen molar-refractivity contribution in [3.8, 4) is 0 Å². The molecule has 1 N–H and O–H groups in total. The Morgan fingerprint density at radius 2 is 1.89 bits per heavy atom. The van der Waals surface area contributed by atoms with Crippen LogP contribution in [0.2, 0.25) is 0 Å². The van der Waals surface area contributed by atoms with E-state index in [-0.39, 0.29) is 4.48 Å². The molecule has 0 aliphatic carbocycles. The van der Waals surface area contributed by atoms with Crippen molar-refractivity contribution < 1.29 is 19.5 Å². The summed E-state index contributed by atoms with van der Waals surface area (Å²) in [4.78, 5) is 10.0. The van der Waals surface area contributed by atoms with Gasteiger partial charge in [-0.15, -0.1) is 0 Å². The summed E-state index contributed by atoms with van der Waals surface area (Å²) in [6.07, 6.45) is -1.58. The quantitative estimate of drug-likeness (QED) is 0.367. The molecule has 0 saturated heterocycles. The van der Waals surface area contributed by atoms with Gasteiger partial charge in [0.1, 0.15) is 6.23 Å². The summed E-state index contributed by atoms with van der Waals surface area (Å²) in [6, 6.07) is 0. The maximum absolute atomic E-state index is 10.6. The second-order valence-corrected chi connectivity index (χ2v) is 2.81. The van der Waals surface area contributed by atoms with Crippen molar-refractivity contribution in [1.82, 2.24) is 0 Å². The molecule has 0 bridgehead atoms. The number of aliphatic carboxylic acids is 1. The van der Waals surface area contributed by atoms with Gasteiger partial charge in [0.15, 0.2) is 0 Å². The lowest BCUT2D eigenvalue weighted by Crippen LogP contribution is -2.57. The van der Waals surface area contributed by atoms with Crippen LogP contribution in [-0.2, 0) is 4.79 Å². The average molecular weight is 133 g/mol. The summed E-state index contributed by atoms with van der Waals surface area (Å²) in [7, 11) is 4.64. The Morgan fingerprint density at radius 1 is 1.56 bits per heavy atom. The number of hydrogen-bond acceptors (Lipinski definition) is 2. The molecule has 4 heteroatoms. The molecule has 0 aromatic carbocycles. The molecule has 0 aliphatic rings. The standard InChI is InChI=1S/C5H11NO3/c1-6(2,3)4(7)5(8)9/h4H,1-3H3,(H,8,9). The molecule has 0 aromatic heterocycles. The van der Waals surface area contributed by atoms with Gasteiger partial charge in [0, 0.05) is 0 Å². The minimum atomic E-state index is -1.58. The van der Waals surface area contributed by atoms with Crippen LogP contribution in [0, 0.1) is 0 Å². The summed E-state index contributed by atoms with van der Waals surface area (Å²) in [6.45, 7) is 0. The number of carboxylic acid groups (broad SMARTS) is 1. The summed E-state index contributed by atoms with van der Waals surface area (Å²) in [5.74, 6) is -1.30.